The molecule has 3 heterocycles. The zero-order chi connectivity index (χ0) is 25.2. The quantitative estimate of drug-likeness (QED) is 0.418. The van der Waals surface area contributed by atoms with Crippen LogP contribution in [0, 0.1) is 6.92 Å². The molecule has 0 spiro atoms. The molecule has 0 radical (unpaired) electrons. The molecular formula is C26H27N7O3. The molecule has 0 aliphatic carbocycles. The number of carbonyl (C=O) groups excluding carboxylic acids is 2. The zero-order valence-corrected chi connectivity index (χ0v) is 20.2. The predicted molar refractivity (Wildman–Crippen MR) is 138 cm³/mol. The van der Waals surface area contributed by atoms with Gasteiger partial charge < -0.3 is 15.1 Å². The largest absolute Gasteiger partial charge is 0.368 e. The summed E-state index contributed by atoms with van der Waals surface area (Å²) in [5.74, 6) is 0.108. The number of carbonyl (C=O) groups is 2. The van der Waals surface area contributed by atoms with Crippen LogP contribution < -0.4 is 20.8 Å². The van der Waals surface area contributed by atoms with Crippen molar-refractivity contribution in [3.63, 3.8) is 0 Å². The summed E-state index contributed by atoms with van der Waals surface area (Å²) in [6.07, 6.45) is 3.14. The molecule has 10 heteroatoms. The van der Waals surface area contributed by atoms with Crippen molar-refractivity contribution in [2.24, 2.45) is 0 Å². The lowest BCUT2D eigenvalue weighted by Gasteiger charge is -2.36. The maximum atomic E-state index is 12.9. The van der Waals surface area contributed by atoms with E-state index in [9.17, 15) is 14.4 Å². The molecule has 0 bridgehead atoms. The Morgan fingerprint density at radius 2 is 1.72 bits per heavy atom. The van der Waals surface area contributed by atoms with E-state index >= 15 is 0 Å². The molecule has 5 rings (SSSR count). The number of nitrogens with one attached hydrogen (secondary N) is 1. The number of Topliss-reactive ketones (excluding diaryl/α,β-unsaturated/α-hetero) is 1. The number of hydrogen-bond donors (Lipinski definition) is 1. The smallest absolute Gasteiger partial charge is 0.350 e. The van der Waals surface area contributed by atoms with Crippen molar-refractivity contribution in [1.29, 1.82) is 0 Å². The Labute approximate surface area is 207 Å². The van der Waals surface area contributed by atoms with Gasteiger partial charge in [-0.25, -0.2) is 18.9 Å². The summed E-state index contributed by atoms with van der Waals surface area (Å²) >= 11 is 0. The van der Waals surface area contributed by atoms with E-state index < -0.39 is 11.6 Å². The second kappa shape index (κ2) is 9.65. The number of fused-ring (bicyclic) bond motifs is 1. The molecule has 1 N–H and O–H groups in total. The highest BCUT2D eigenvalue weighted by atomic mass is 16.2. The van der Waals surface area contributed by atoms with Gasteiger partial charge in [-0.15, -0.1) is 5.10 Å². The van der Waals surface area contributed by atoms with Crippen LogP contribution in [0.3, 0.4) is 0 Å². The van der Waals surface area contributed by atoms with Gasteiger partial charge in [-0.05, 0) is 38.1 Å². The van der Waals surface area contributed by atoms with Crippen molar-refractivity contribution in [2.45, 2.75) is 20.4 Å². The van der Waals surface area contributed by atoms with E-state index in [1.807, 2.05) is 0 Å². The Balaban J connectivity index is 1.31. The Kier molecular flexibility index (Phi) is 6.24. The number of nitrogens with zero attached hydrogens (tertiary/aromatic N) is 6. The molecule has 184 valence electrons. The Morgan fingerprint density at radius 1 is 1.00 bits per heavy atom. The van der Waals surface area contributed by atoms with Crippen molar-refractivity contribution in [3.8, 4) is 0 Å². The zero-order valence-electron chi connectivity index (χ0n) is 20.2. The molecule has 0 unspecified atom stereocenters. The summed E-state index contributed by atoms with van der Waals surface area (Å²) < 4.78 is 2.55. The topological polar surface area (TPSA) is 105 Å². The first-order valence-corrected chi connectivity index (χ1v) is 11.8. The number of amides is 1. The summed E-state index contributed by atoms with van der Waals surface area (Å²) in [4.78, 5) is 46.1. The first-order valence-electron chi connectivity index (χ1n) is 11.8. The summed E-state index contributed by atoms with van der Waals surface area (Å²) in [6.45, 7) is 6.38. The summed E-state index contributed by atoms with van der Waals surface area (Å²) in [5.41, 5.74) is 3.39. The lowest BCUT2D eigenvalue weighted by atomic mass is 10.1. The van der Waals surface area contributed by atoms with Gasteiger partial charge in [-0.2, -0.15) is 0 Å². The Morgan fingerprint density at radius 3 is 2.44 bits per heavy atom. The van der Waals surface area contributed by atoms with Gasteiger partial charge in [-0.3, -0.25) is 9.59 Å². The van der Waals surface area contributed by atoms with Crippen LogP contribution in [0.4, 0.5) is 17.2 Å². The van der Waals surface area contributed by atoms with Crippen molar-refractivity contribution in [2.75, 3.05) is 41.3 Å². The first kappa shape index (κ1) is 23.3. The van der Waals surface area contributed by atoms with Crippen LogP contribution in [0.5, 0.6) is 0 Å². The minimum absolute atomic E-state index is 0.0950. The number of benzene rings is 2. The highest BCUT2D eigenvalue weighted by molar-refractivity contribution is 5.97. The molecular weight excluding hydrogens is 458 g/mol. The van der Waals surface area contributed by atoms with E-state index in [1.165, 1.54) is 22.6 Å². The summed E-state index contributed by atoms with van der Waals surface area (Å²) in [6, 6.07) is 15.2. The summed E-state index contributed by atoms with van der Waals surface area (Å²) in [5, 5.41) is 7.16. The fourth-order valence-corrected chi connectivity index (χ4v) is 4.35. The number of hydrogen-bond acceptors (Lipinski definition) is 7. The highest BCUT2D eigenvalue weighted by Gasteiger charge is 2.23. The number of rotatable bonds is 6. The van der Waals surface area contributed by atoms with Crippen LogP contribution in [-0.4, -0.2) is 57.0 Å². The SMILES string of the molecule is CC(=O)c1cccc(NC(=O)Cn2nc3c(N4CCN(c5ccc(C)cc5)CC4)nccn3c2=O)c1. The van der Waals surface area contributed by atoms with E-state index in [-0.39, 0.29) is 12.3 Å². The van der Waals surface area contributed by atoms with Crippen LogP contribution in [-0.2, 0) is 11.3 Å². The van der Waals surface area contributed by atoms with Gasteiger partial charge in [0.15, 0.2) is 11.6 Å². The fraction of sp³-hybridized carbons (Fsp3) is 0.269. The number of anilines is 3. The van der Waals surface area contributed by atoms with Crippen LogP contribution in [0.15, 0.2) is 65.7 Å². The standard InChI is InChI=1S/C26H27N7O3/c1-18-6-8-22(9-7-18)30-12-14-31(15-13-30)24-25-29-33(26(36)32(25)11-10-27-24)17-23(35)28-21-5-3-4-20(16-21)19(2)34/h3-11,16H,12-15,17H2,1-2H3,(H,28,35). The molecule has 1 aliphatic rings. The van der Waals surface area contributed by atoms with Gasteiger partial charge in [-0.1, -0.05) is 29.8 Å². The van der Waals surface area contributed by atoms with E-state index in [4.69, 9.17) is 0 Å². The number of aryl methyl sites for hydroxylation is 1. The summed E-state index contributed by atoms with van der Waals surface area (Å²) in [7, 11) is 0. The number of piperazine rings is 1. The molecule has 1 saturated heterocycles. The lowest BCUT2D eigenvalue weighted by molar-refractivity contribution is -0.117. The van der Waals surface area contributed by atoms with Gasteiger partial charge in [0, 0.05) is 55.5 Å². The minimum Gasteiger partial charge on any atom is -0.368 e. The normalized spacial score (nSPS) is 13.7. The average molecular weight is 486 g/mol. The second-order valence-corrected chi connectivity index (χ2v) is 8.88. The molecule has 1 aliphatic heterocycles. The molecule has 2 aromatic heterocycles. The van der Waals surface area contributed by atoms with E-state index in [1.54, 1.807) is 36.7 Å². The van der Waals surface area contributed by atoms with Crippen molar-refractivity contribution in [3.05, 3.63) is 82.5 Å². The average Bonchev–Trinajstić information content (AvgIpc) is 3.20. The van der Waals surface area contributed by atoms with Crippen molar-refractivity contribution < 1.29 is 9.59 Å². The van der Waals surface area contributed by atoms with Gasteiger partial charge in [0.1, 0.15) is 6.54 Å². The van der Waals surface area contributed by atoms with Crippen LogP contribution in [0.2, 0.25) is 0 Å². The molecule has 1 amide bonds. The predicted octanol–water partition coefficient (Wildman–Crippen LogP) is 2.37. The van der Waals surface area contributed by atoms with Crippen LogP contribution >= 0.6 is 0 Å². The fourth-order valence-electron chi connectivity index (χ4n) is 4.35. The maximum absolute atomic E-state index is 12.9. The molecule has 36 heavy (non-hydrogen) atoms. The Hall–Kier alpha value is -4.47. The molecule has 0 atom stereocenters. The first-order chi connectivity index (χ1) is 17.4. The van der Waals surface area contributed by atoms with Gasteiger partial charge in [0.2, 0.25) is 11.6 Å². The third-order valence-corrected chi connectivity index (χ3v) is 6.31. The Bertz CT molecular complexity index is 1480. The van der Waals surface area contributed by atoms with E-state index in [0.29, 0.717) is 22.7 Å². The number of aromatic nitrogens is 4. The van der Waals surface area contributed by atoms with Crippen molar-refractivity contribution >= 4 is 34.5 Å². The van der Waals surface area contributed by atoms with Gasteiger partial charge in [0.25, 0.3) is 0 Å². The molecule has 2 aromatic carbocycles. The second-order valence-electron chi connectivity index (χ2n) is 8.88. The third kappa shape index (κ3) is 4.70. The van der Waals surface area contributed by atoms with E-state index in [2.05, 4.69) is 56.4 Å². The highest BCUT2D eigenvalue weighted by Crippen LogP contribution is 2.21. The molecule has 0 saturated carbocycles. The monoisotopic (exact) mass is 485 g/mol. The minimum atomic E-state index is -0.417. The van der Waals surface area contributed by atoms with Gasteiger partial charge >= 0.3 is 5.69 Å². The molecule has 1 fully saturated rings. The van der Waals surface area contributed by atoms with Crippen molar-refractivity contribution in [1.82, 2.24) is 19.2 Å². The van der Waals surface area contributed by atoms with E-state index in [0.717, 1.165) is 30.9 Å². The third-order valence-electron chi connectivity index (χ3n) is 6.31. The van der Waals surface area contributed by atoms with Crippen LogP contribution in [0.25, 0.3) is 5.65 Å². The maximum Gasteiger partial charge on any atom is 0.350 e. The lowest BCUT2D eigenvalue weighted by Crippen LogP contribution is -2.47. The van der Waals surface area contributed by atoms with Gasteiger partial charge in [0.05, 0.1) is 0 Å². The molecule has 10 nitrogen and oxygen atoms in total. The molecule has 4 aromatic rings. The number of ketones is 1. The van der Waals surface area contributed by atoms with Crippen LogP contribution in [0.1, 0.15) is 22.8 Å².